The highest BCUT2D eigenvalue weighted by atomic mass is 16.4. The van der Waals surface area contributed by atoms with Gasteiger partial charge < -0.3 is 10.8 Å². The molecule has 0 fully saturated rings. The van der Waals surface area contributed by atoms with E-state index >= 15 is 0 Å². The number of aliphatic carboxylic acids is 1. The second kappa shape index (κ2) is 5.95. The lowest BCUT2D eigenvalue weighted by Gasteiger charge is -2.13. The van der Waals surface area contributed by atoms with E-state index in [1.54, 1.807) is 6.20 Å². The van der Waals surface area contributed by atoms with Gasteiger partial charge in [-0.15, -0.1) is 0 Å². The highest BCUT2D eigenvalue weighted by molar-refractivity contribution is 5.95. The molecule has 0 aliphatic carbocycles. The maximum absolute atomic E-state index is 11.0. The van der Waals surface area contributed by atoms with Gasteiger partial charge >= 0.3 is 5.97 Å². The number of carboxylic acid groups (broad SMARTS) is 1. The smallest absolute Gasteiger partial charge is 0.320 e. The lowest BCUT2D eigenvalue weighted by molar-refractivity contribution is -0.138. The molecule has 0 unspecified atom stereocenters. The van der Waals surface area contributed by atoms with Gasteiger partial charge in [-0.05, 0) is 35.2 Å². The summed E-state index contributed by atoms with van der Waals surface area (Å²) >= 11 is 0. The standard InChI is InChI=1S/C18H16N2O2/c19-16(18(21)22)11-12-5-1-2-6-13(12)14-9-10-20-17-8-4-3-7-15(14)17/h1-10,16H,11,19H2,(H,21,22)/t16-/m0/s1. The quantitative estimate of drug-likeness (QED) is 0.775. The summed E-state index contributed by atoms with van der Waals surface area (Å²) in [7, 11) is 0. The molecule has 0 saturated carbocycles. The van der Waals surface area contributed by atoms with Crippen LogP contribution in [0.4, 0.5) is 0 Å². The highest BCUT2D eigenvalue weighted by Crippen LogP contribution is 2.30. The summed E-state index contributed by atoms with van der Waals surface area (Å²) in [6, 6.07) is 16.7. The Morgan fingerprint density at radius 1 is 1.05 bits per heavy atom. The van der Waals surface area contributed by atoms with E-state index in [2.05, 4.69) is 4.98 Å². The average Bonchev–Trinajstić information content (AvgIpc) is 2.55. The Kier molecular flexibility index (Phi) is 3.85. The SMILES string of the molecule is N[C@@H](Cc1ccccc1-c1ccnc2ccccc12)C(=O)O. The second-order valence-corrected chi connectivity index (χ2v) is 5.18. The number of fused-ring (bicyclic) bond motifs is 1. The van der Waals surface area contributed by atoms with Crippen molar-refractivity contribution >= 4 is 16.9 Å². The van der Waals surface area contributed by atoms with Crippen LogP contribution in [0.25, 0.3) is 22.0 Å². The number of carbonyl (C=O) groups is 1. The van der Waals surface area contributed by atoms with E-state index in [0.717, 1.165) is 27.6 Å². The first-order valence-electron chi connectivity index (χ1n) is 7.07. The summed E-state index contributed by atoms with van der Waals surface area (Å²) in [6.45, 7) is 0. The van der Waals surface area contributed by atoms with E-state index < -0.39 is 12.0 Å². The topological polar surface area (TPSA) is 76.2 Å². The van der Waals surface area contributed by atoms with Gasteiger partial charge in [-0.2, -0.15) is 0 Å². The molecule has 3 rings (SSSR count). The molecule has 0 saturated heterocycles. The Morgan fingerprint density at radius 3 is 2.59 bits per heavy atom. The number of nitrogens with zero attached hydrogens (tertiary/aromatic N) is 1. The van der Waals surface area contributed by atoms with Crippen LogP contribution in [-0.4, -0.2) is 22.1 Å². The third-order valence-electron chi connectivity index (χ3n) is 3.71. The summed E-state index contributed by atoms with van der Waals surface area (Å²) in [5.74, 6) is -0.991. The van der Waals surface area contributed by atoms with Crippen molar-refractivity contribution in [1.82, 2.24) is 4.98 Å². The molecule has 22 heavy (non-hydrogen) atoms. The largest absolute Gasteiger partial charge is 0.480 e. The molecule has 2 aromatic carbocycles. The number of nitrogens with two attached hydrogens (primary N) is 1. The van der Waals surface area contributed by atoms with Crippen molar-refractivity contribution in [3.63, 3.8) is 0 Å². The van der Waals surface area contributed by atoms with Crippen LogP contribution in [0, 0.1) is 0 Å². The van der Waals surface area contributed by atoms with Crippen LogP contribution in [0.1, 0.15) is 5.56 Å². The van der Waals surface area contributed by atoms with E-state index in [0.29, 0.717) is 6.42 Å². The van der Waals surface area contributed by atoms with Gasteiger partial charge in [0, 0.05) is 11.6 Å². The normalized spacial score (nSPS) is 12.2. The van der Waals surface area contributed by atoms with Crippen molar-refractivity contribution < 1.29 is 9.90 Å². The minimum Gasteiger partial charge on any atom is -0.480 e. The zero-order chi connectivity index (χ0) is 15.5. The predicted octanol–water partition coefficient (Wildman–Crippen LogP) is 2.86. The molecule has 0 spiro atoms. The molecule has 4 heteroatoms. The Hall–Kier alpha value is -2.72. The Bertz CT molecular complexity index is 825. The number of pyridine rings is 1. The van der Waals surface area contributed by atoms with E-state index in [9.17, 15) is 4.79 Å². The second-order valence-electron chi connectivity index (χ2n) is 5.18. The Labute approximate surface area is 128 Å². The van der Waals surface area contributed by atoms with Crippen molar-refractivity contribution in [3.8, 4) is 11.1 Å². The molecule has 4 nitrogen and oxygen atoms in total. The number of hydrogen-bond donors (Lipinski definition) is 2. The van der Waals surface area contributed by atoms with Gasteiger partial charge in [0.1, 0.15) is 6.04 Å². The molecule has 1 heterocycles. The number of para-hydroxylation sites is 1. The molecule has 1 aromatic heterocycles. The van der Waals surface area contributed by atoms with E-state index in [4.69, 9.17) is 10.8 Å². The molecular weight excluding hydrogens is 276 g/mol. The molecule has 1 atom stereocenters. The first-order valence-corrected chi connectivity index (χ1v) is 7.07. The molecule has 0 bridgehead atoms. The fourth-order valence-corrected chi connectivity index (χ4v) is 2.62. The Morgan fingerprint density at radius 2 is 1.77 bits per heavy atom. The van der Waals surface area contributed by atoms with Crippen molar-refractivity contribution in [2.24, 2.45) is 5.73 Å². The van der Waals surface area contributed by atoms with E-state index in [1.165, 1.54) is 0 Å². The van der Waals surface area contributed by atoms with Crippen LogP contribution >= 0.6 is 0 Å². The maximum Gasteiger partial charge on any atom is 0.320 e. The fourth-order valence-electron chi connectivity index (χ4n) is 2.62. The third kappa shape index (κ3) is 2.69. The maximum atomic E-state index is 11.0. The minimum atomic E-state index is -0.991. The highest BCUT2D eigenvalue weighted by Gasteiger charge is 2.15. The van der Waals surface area contributed by atoms with Gasteiger partial charge in [-0.1, -0.05) is 42.5 Å². The van der Waals surface area contributed by atoms with Gasteiger partial charge in [0.05, 0.1) is 5.52 Å². The van der Waals surface area contributed by atoms with Gasteiger partial charge in [0.15, 0.2) is 0 Å². The zero-order valence-electron chi connectivity index (χ0n) is 11.9. The van der Waals surface area contributed by atoms with Gasteiger partial charge in [0.25, 0.3) is 0 Å². The number of carboxylic acids is 1. The molecule has 0 amide bonds. The van der Waals surface area contributed by atoms with Crippen LogP contribution < -0.4 is 5.73 Å². The summed E-state index contributed by atoms with van der Waals surface area (Å²) in [5.41, 5.74) is 9.57. The molecule has 0 aliphatic rings. The molecule has 3 N–H and O–H groups in total. The van der Waals surface area contributed by atoms with Crippen LogP contribution in [-0.2, 0) is 11.2 Å². The molecule has 0 aliphatic heterocycles. The van der Waals surface area contributed by atoms with Crippen molar-refractivity contribution in [2.45, 2.75) is 12.5 Å². The number of rotatable bonds is 4. The van der Waals surface area contributed by atoms with Gasteiger partial charge in [0.2, 0.25) is 0 Å². The van der Waals surface area contributed by atoms with Crippen LogP contribution in [0.2, 0.25) is 0 Å². The Balaban J connectivity index is 2.13. The summed E-state index contributed by atoms with van der Waals surface area (Å²) in [4.78, 5) is 15.4. The lowest BCUT2D eigenvalue weighted by Crippen LogP contribution is -2.32. The van der Waals surface area contributed by atoms with Crippen molar-refractivity contribution in [3.05, 3.63) is 66.4 Å². The average molecular weight is 292 g/mol. The third-order valence-corrected chi connectivity index (χ3v) is 3.71. The van der Waals surface area contributed by atoms with Crippen LogP contribution in [0.15, 0.2) is 60.8 Å². The number of hydrogen-bond acceptors (Lipinski definition) is 3. The van der Waals surface area contributed by atoms with Crippen LogP contribution in [0.3, 0.4) is 0 Å². The predicted molar refractivity (Wildman–Crippen MR) is 86.5 cm³/mol. The lowest BCUT2D eigenvalue weighted by atomic mass is 9.93. The van der Waals surface area contributed by atoms with Gasteiger partial charge in [-0.25, -0.2) is 0 Å². The van der Waals surface area contributed by atoms with E-state index in [1.807, 2.05) is 54.6 Å². The fraction of sp³-hybridized carbons (Fsp3) is 0.111. The minimum absolute atomic E-state index is 0.294. The first kappa shape index (κ1) is 14.2. The van der Waals surface area contributed by atoms with Crippen LogP contribution in [0.5, 0.6) is 0 Å². The summed E-state index contributed by atoms with van der Waals surface area (Å²) in [6.07, 6.45) is 2.06. The molecular formula is C18H16N2O2. The first-order chi connectivity index (χ1) is 10.7. The number of benzene rings is 2. The molecule has 3 aromatic rings. The van der Waals surface area contributed by atoms with Gasteiger partial charge in [-0.3, -0.25) is 9.78 Å². The van der Waals surface area contributed by atoms with Crippen molar-refractivity contribution in [2.75, 3.05) is 0 Å². The van der Waals surface area contributed by atoms with Crippen molar-refractivity contribution in [1.29, 1.82) is 0 Å². The molecule has 0 radical (unpaired) electrons. The number of aromatic nitrogens is 1. The zero-order valence-corrected chi connectivity index (χ0v) is 11.9. The summed E-state index contributed by atoms with van der Waals surface area (Å²) < 4.78 is 0. The monoisotopic (exact) mass is 292 g/mol. The summed E-state index contributed by atoms with van der Waals surface area (Å²) in [5, 5.41) is 10.1. The molecule has 110 valence electrons. The van der Waals surface area contributed by atoms with E-state index in [-0.39, 0.29) is 0 Å².